The minimum atomic E-state index is -0.146. The molecule has 0 saturated carbocycles. The first-order chi connectivity index (χ1) is 13.0. The van der Waals surface area contributed by atoms with Crippen molar-refractivity contribution >= 4 is 17.5 Å². The molecular weight excluding hydrogens is 344 g/mol. The van der Waals surface area contributed by atoms with Crippen LogP contribution in [0.25, 0.3) is 0 Å². The minimum absolute atomic E-state index is 0.0137. The van der Waals surface area contributed by atoms with Crippen molar-refractivity contribution in [2.45, 2.75) is 13.3 Å². The Balaban J connectivity index is 1.57. The van der Waals surface area contributed by atoms with Crippen LogP contribution in [0, 0.1) is 6.92 Å². The van der Waals surface area contributed by atoms with Crippen molar-refractivity contribution in [1.82, 2.24) is 4.90 Å². The summed E-state index contributed by atoms with van der Waals surface area (Å²) in [6.07, 6.45) is 0.252. The first kappa shape index (κ1) is 18.8. The summed E-state index contributed by atoms with van der Waals surface area (Å²) in [5.74, 6) is 1.14. The standard InChI is InChI=1S/C21H24N2O4/c1-16-7-9-17(10-8-16)26-14-12-22(2)21(25)15-23-18-5-3-4-6-19(18)27-13-11-20(23)24/h3-10H,11-15H2,1-2H3. The lowest BCUT2D eigenvalue weighted by molar-refractivity contribution is -0.130. The number of amides is 2. The Morgan fingerprint density at radius 3 is 2.70 bits per heavy atom. The normalized spacial score (nSPS) is 13.4. The summed E-state index contributed by atoms with van der Waals surface area (Å²) in [4.78, 5) is 28.1. The van der Waals surface area contributed by atoms with Crippen molar-refractivity contribution in [3.05, 3.63) is 54.1 Å². The number of fused-ring (bicyclic) bond motifs is 1. The van der Waals surface area contributed by atoms with Crippen LogP contribution in [-0.4, -0.2) is 50.1 Å². The zero-order valence-corrected chi connectivity index (χ0v) is 15.7. The molecule has 0 spiro atoms. The average molecular weight is 368 g/mol. The van der Waals surface area contributed by atoms with Crippen LogP contribution in [-0.2, 0) is 9.59 Å². The van der Waals surface area contributed by atoms with Crippen LogP contribution >= 0.6 is 0 Å². The summed E-state index contributed by atoms with van der Waals surface area (Å²) in [6, 6.07) is 15.1. The van der Waals surface area contributed by atoms with E-state index in [1.807, 2.05) is 49.4 Å². The van der Waals surface area contributed by atoms with E-state index in [0.29, 0.717) is 31.2 Å². The van der Waals surface area contributed by atoms with E-state index in [0.717, 1.165) is 5.75 Å². The summed E-state index contributed by atoms with van der Waals surface area (Å²) in [5.41, 5.74) is 1.80. The lowest BCUT2D eigenvalue weighted by Crippen LogP contribution is -2.42. The Hall–Kier alpha value is -3.02. The predicted octanol–water partition coefficient (Wildman–Crippen LogP) is 2.65. The average Bonchev–Trinajstić information content (AvgIpc) is 2.82. The predicted molar refractivity (Wildman–Crippen MR) is 103 cm³/mol. The van der Waals surface area contributed by atoms with Gasteiger partial charge in [-0.25, -0.2) is 0 Å². The summed E-state index contributed by atoms with van der Waals surface area (Å²) >= 11 is 0. The van der Waals surface area contributed by atoms with Gasteiger partial charge in [0.05, 0.1) is 25.3 Å². The fraction of sp³-hybridized carbons (Fsp3) is 0.333. The molecule has 0 aliphatic carbocycles. The van der Waals surface area contributed by atoms with Crippen molar-refractivity contribution in [3.63, 3.8) is 0 Å². The Labute approximate surface area is 159 Å². The van der Waals surface area contributed by atoms with Crippen LogP contribution in [0.5, 0.6) is 11.5 Å². The van der Waals surface area contributed by atoms with E-state index in [1.54, 1.807) is 18.0 Å². The number of rotatable bonds is 6. The third-order valence-corrected chi connectivity index (χ3v) is 4.47. The maximum absolute atomic E-state index is 12.6. The molecule has 0 atom stereocenters. The van der Waals surface area contributed by atoms with Crippen molar-refractivity contribution in [1.29, 1.82) is 0 Å². The summed E-state index contributed by atoms with van der Waals surface area (Å²) in [7, 11) is 1.71. The Kier molecular flexibility index (Phi) is 5.96. The van der Waals surface area contributed by atoms with Crippen LogP contribution < -0.4 is 14.4 Å². The van der Waals surface area contributed by atoms with E-state index in [2.05, 4.69) is 0 Å². The molecule has 1 aliphatic heterocycles. The van der Waals surface area contributed by atoms with E-state index in [1.165, 1.54) is 10.5 Å². The van der Waals surface area contributed by atoms with Crippen LogP contribution in [0.3, 0.4) is 0 Å². The number of carbonyl (C=O) groups excluding carboxylic acids is 2. The molecular formula is C21H24N2O4. The maximum Gasteiger partial charge on any atom is 0.242 e. The van der Waals surface area contributed by atoms with Crippen LogP contribution in [0.15, 0.2) is 48.5 Å². The highest BCUT2D eigenvalue weighted by molar-refractivity contribution is 6.00. The second-order valence-electron chi connectivity index (χ2n) is 6.52. The molecule has 1 aliphatic rings. The molecule has 6 nitrogen and oxygen atoms in total. The molecule has 0 unspecified atom stereocenters. The van der Waals surface area contributed by atoms with Gasteiger partial charge in [-0.2, -0.15) is 0 Å². The number of para-hydroxylation sites is 2. The number of aryl methyl sites for hydroxylation is 1. The van der Waals surface area contributed by atoms with Gasteiger partial charge in [0.25, 0.3) is 0 Å². The zero-order valence-electron chi connectivity index (χ0n) is 15.7. The van der Waals surface area contributed by atoms with Gasteiger partial charge in [0, 0.05) is 7.05 Å². The number of nitrogens with zero attached hydrogens (tertiary/aromatic N) is 2. The molecule has 0 fully saturated rings. The van der Waals surface area contributed by atoms with Crippen LogP contribution in [0.4, 0.5) is 5.69 Å². The van der Waals surface area contributed by atoms with Gasteiger partial charge in [0.2, 0.25) is 11.8 Å². The van der Waals surface area contributed by atoms with Gasteiger partial charge in [-0.3, -0.25) is 14.5 Å². The molecule has 2 aromatic carbocycles. The quantitative estimate of drug-likeness (QED) is 0.787. The number of likely N-dealkylation sites (N-methyl/N-ethyl adjacent to an activating group) is 1. The molecule has 142 valence electrons. The molecule has 2 amide bonds. The highest BCUT2D eigenvalue weighted by Crippen LogP contribution is 2.30. The van der Waals surface area contributed by atoms with Crippen molar-refractivity contribution in [3.8, 4) is 11.5 Å². The van der Waals surface area contributed by atoms with Gasteiger partial charge >= 0.3 is 0 Å². The lowest BCUT2D eigenvalue weighted by atomic mass is 10.2. The highest BCUT2D eigenvalue weighted by Gasteiger charge is 2.26. The van der Waals surface area contributed by atoms with Gasteiger partial charge < -0.3 is 14.4 Å². The number of hydrogen-bond donors (Lipinski definition) is 0. The lowest BCUT2D eigenvalue weighted by Gasteiger charge is -2.24. The molecule has 6 heteroatoms. The SMILES string of the molecule is Cc1ccc(OCCN(C)C(=O)CN2C(=O)CCOc3ccccc32)cc1. The van der Waals surface area contributed by atoms with Crippen molar-refractivity contribution < 1.29 is 19.1 Å². The molecule has 0 aromatic heterocycles. The molecule has 0 saturated heterocycles. The number of carbonyl (C=O) groups is 2. The largest absolute Gasteiger partial charge is 0.492 e. The van der Waals surface area contributed by atoms with Gasteiger partial charge in [-0.05, 0) is 31.2 Å². The smallest absolute Gasteiger partial charge is 0.242 e. The number of hydrogen-bond acceptors (Lipinski definition) is 4. The van der Waals surface area contributed by atoms with E-state index < -0.39 is 0 Å². The number of ether oxygens (including phenoxy) is 2. The van der Waals surface area contributed by atoms with Gasteiger partial charge in [0.1, 0.15) is 24.7 Å². The van der Waals surface area contributed by atoms with Gasteiger partial charge in [-0.15, -0.1) is 0 Å². The maximum atomic E-state index is 12.6. The second-order valence-corrected chi connectivity index (χ2v) is 6.52. The molecule has 0 N–H and O–H groups in total. The molecule has 27 heavy (non-hydrogen) atoms. The first-order valence-corrected chi connectivity index (χ1v) is 9.00. The third kappa shape index (κ3) is 4.78. The third-order valence-electron chi connectivity index (χ3n) is 4.47. The van der Waals surface area contributed by atoms with E-state index in [4.69, 9.17) is 9.47 Å². The van der Waals surface area contributed by atoms with Gasteiger partial charge in [0.15, 0.2) is 0 Å². The topological polar surface area (TPSA) is 59.1 Å². The zero-order chi connectivity index (χ0) is 19.2. The Bertz CT molecular complexity index is 804. The monoisotopic (exact) mass is 368 g/mol. The molecule has 2 aromatic rings. The van der Waals surface area contributed by atoms with E-state index >= 15 is 0 Å². The minimum Gasteiger partial charge on any atom is -0.492 e. The summed E-state index contributed by atoms with van der Waals surface area (Å²) in [5, 5.41) is 0. The van der Waals surface area contributed by atoms with Crippen molar-refractivity contribution in [2.75, 3.05) is 38.3 Å². The number of anilines is 1. The Morgan fingerprint density at radius 1 is 1.19 bits per heavy atom. The summed E-state index contributed by atoms with van der Waals surface area (Å²) < 4.78 is 11.3. The molecule has 0 radical (unpaired) electrons. The molecule has 3 rings (SSSR count). The van der Waals surface area contributed by atoms with E-state index in [-0.39, 0.29) is 24.8 Å². The van der Waals surface area contributed by atoms with Crippen molar-refractivity contribution in [2.24, 2.45) is 0 Å². The molecule has 1 heterocycles. The highest BCUT2D eigenvalue weighted by atomic mass is 16.5. The molecule has 0 bridgehead atoms. The van der Waals surface area contributed by atoms with Crippen LogP contribution in [0.2, 0.25) is 0 Å². The first-order valence-electron chi connectivity index (χ1n) is 9.00. The Morgan fingerprint density at radius 2 is 1.93 bits per heavy atom. The summed E-state index contributed by atoms with van der Waals surface area (Å²) in [6.45, 7) is 3.15. The fourth-order valence-electron chi connectivity index (χ4n) is 2.81. The van der Waals surface area contributed by atoms with E-state index in [9.17, 15) is 9.59 Å². The van der Waals surface area contributed by atoms with Crippen LogP contribution in [0.1, 0.15) is 12.0 Å². The fourth-order valence-corrected chi connectivity index (χ4v) is 2.81. The van der Waals surface area contributed by atoms with Gasteiger partial charge in [-0.1, -0.05) is 29.8 Å². The second kappa shape index (κ2) is 8.58. The number of benzene rings is 2.